The number of amides is 2. The monoisotopic (exact) mass is 384 g/mol. The van der Waals surface area contributed by atoms with Crippen molar-refractivity contribution in [2.45, 2.75) is 39.0 Å². The zero-order valence-electron chi connectivity index (χ0n) is 16.6. The summed E-state index contributed by atoms with van der Waals surface area (Å²) in [6.07, 6.45) is 0.650. The maximum Gasteiger partial charge on any atom is 0.319 e. The summed E-state index contributed by atoms with van der Waals surface area (Å²) < 4.78 is 5.70. The normalized spacial score (nSPS) is 11.0. The van der Waals surface area contributed by atoms with Crippen LogP contribution in [0.15, 0.2) is 48.5 Å². The molecule has 2 aromatic rings. The lowest BCUT2D eigenvalue weighted by molar-refractivity contribution is -0.136. The zero-order chi connectivity index (χ0) is 20.6. The van der Waals surface area contributed by atoms with Crippen molar-refractivity contribution in [2.75, 3.05) is 18.5 Å². The molecule has 0 heterocycles. The van der Waals surface area contributed by atoms with Crippen LogP contribution in [-0.4, -0.2) is 30.3 Å². The molecule has 2 amide bonds. The Morgan fingerprint density at radius 2 is 1.64 bits per heavy atom. The van der Waals surface area contributed by atoms with E-state index in [2.05, 4.69) is 43.5 Å². The summed E-state index contributed by atoms with van der Waals surface area (Å²) in [5.74, 6) is -0.0651. The fraction of sp³-hybridized carbons (Fsp3) is 0.364. The maximum atomic E-state index is 11.9. The Kier molecular flexibility index (Phi) is 7.44. The minimum atomic E-state index is -0.884. The van der Waals surface area contributed by atoms with Gasteiger partial charge in [-0.3, -0.25) is 4.79 Å². The van der Waals surface area contributed by atoms with Crippen LogP contribution in [0.25, 0.3) is 0 Å². The third kappa shape index (κ3) is 7.31. The van der Waals surface area contributed by atoms with Crippen LogP contribution in [0, 0.1) is 0 Å². The van der Waals surface area contributed by atoms with Gasteiger partial charge in [-0.2, -0.15) is 0 Å². The van der Waals surface area contributed by atoms with Gasteiger partial charge in [-0.25, -0.2) is 4.79 Å². The van der Waals surface area contributed by atoms with E-state index < -0.39 is 5.97 Å². The van der Waals surface area contributed by atoms with Crippen molar-refractivity contribution >= 4 is 17.7 Å². The average Bonchev–Trinajstić information content (AvgIpc) is 2.62. The van der Waals surface area contributed by atoms with Gasteiger partial charge in [0.25, 0.3) is 0 Å². The van der Waals surface area contributed by atoms with Crippen molar-refractivity contribution < 1.29 is 19.4 Å². The van der Waals surface area contributed by atoms with Gasteiger partial charge in [-0.1, -0.05) is 45.0 Å². The van der Waals surface area contributed by atoms with E-state index in [4.69, 9.17) is 9.84 Å². The SMILES string of the molecule is CC(C)(C)c1ccc(OCCCNC(=O)Nc2ccc(CC(=O)O)cc2)cc1. The summed E-state index contributed by atoms with van der Waals surface area (Å²) >= 11 is 0. The highest BCUT2D eigenvalue weighted by molar-refractivity contribution is 5.89. The first-order valence-electron chi connectivity index (χ1n) is 9.33. The average molecular weight is 384 g/mol. The van der Waals surface area contributed by atoms with Crippen molar-refractivity contribution in [3.8, 4) is 5.75 Å². The van der Waals surface area contributed by atoms with Gasteiger partial charge >= 0.3 is 12.0 Å². The molecular formula is C22H28N2O4. The largest absolute Gasteiger partial charge is 0.494 e. The number of rotatable bonds is 8. The van der Waals surface area contributed by atoms with Gasteiger partial charge < -0.3 is 20.5 Å². The summed E-state index contributed by atoms with van der Waals surface area (Å²) in [5, 5.41) is 14.2. The van der Waals surface area contributed by atoms with Gasteiger partial charge in [-0.05, 0) is 47.2 Å². The predicted octanol–water partition coefficient (Wildman–Crippen LogP) is 4.20. The van der Waals surface area contributed by atoms with Crippen LogP contribution in [0.3, 0.4) is 0 Å². The summed E-state index contributed by atoms with van der Waals surface area (Å²) in [6, 6.07) is 14.5. The summed E-state index contributed by atoms with van der Waals surface area (Å²) in [5.41, 5.74) is 2.67. The van der Waals surface area contributed by atoms with Crippen LogP contribution in [0.2, 0.25) is 0 Å². The van der Waals surface area contributed by atoms with E-state index in [-0.39, 0.29) is 17.9 Å². The van der Waals surface area contributed by atoms with E-state index in [1.807, 2.05) is 12.1 Å². The number of carbonyl (C=O) groups is 2. The van der Waals surface area contributed by atoms with E-state index in [0.29, 0.717) is 30.8 Å². The van der Waals surface area contributed by atoms with Crippen LogP contribution in [0.1, 0.15) is 38.3 Å². The number of hydrogen-bond donors (Lipinski definition) is 3. The van der Waals surface area contributed by atoms with Crippen LogP contribution in [0.5, 0.6) is 5.75 Å². The van der Waals surface area contributed by atoms with Crippen molar-refractivity contribution in [1.82, 2.24) is 5.32 Å². The van der Waals surface area contributed by atoms with Crippen molar-refractivity contribution in [3.63, 3.8) is 0 Å². The van der Waals surface area contributed by atoms with E-state index in [1.165, 1.54) is 5.56 Å². The predicted molar refractivity (Wildman–Crippen MR) is 110 cm³/mol. The van der Waals surface area contributed by atoms with Gasteiger partial charge in [0.15, 0.2) is 0 Å². The molecule has 0 aliphatic heterocycles. The number of ether oxygens (including phenoxy) is 1. The highest BCUT2D eigenvalue weighted by Gasteiger charge is 2.12. The first kappa shape index (κ1) is 21.3. The Morgan fingerprint density at radius 1 is 1.00 bits per heavy atom. The van der Waals surface area contributed by atoms with E-state index in [1.54, 1.807) is 24.3 Å². The summed E-state index contributed by atoms with van der Waals surface area (Å²) in [4.78, 5) is 22.5. The second-order valence-electron chi connectivity index (χ2n) is 7.62. The molecule has 28 heavy (non-hydrogen) atoms. The molecule has 0 saturated heterocycles. The molecule has 2 rings (SSSR count). The topological polar surface area (TPSA) is 87.7 Å². The fourth-order valence-corrected chi connectivity index (χ4v) is 2.57. The number of nitrogens with one attached hydrogen (secondary N) is 2. The molecule has 150 valence electrons. The molecular weight excluding hydrogens is 356 g/mol. The first-order chi connectivity index (χ1) is 13.2. The minimum absolute atomic E-state index is 0.0363. The van der Waals surface area contributed by atoms with E-state index in [9.17, 15) is 9.59 Å². The molecule has 0 aliphatic carbocycles. The number of urea groups is 1. The Morgan fingerprint density at radius 3 is 2.21 bits per heavy atom. The van der Waals surface area contributed by atoms with Crippen LogP contribution < -0.4 is 15.4 Å². The summed E-state index contributed by atoms with van der Waals surface area (Å²) in [6.45, 7) is 7.51. The number of aliphatic carboxylic acids is 1. The smallest absolute Gasteiger partial charge is 0.319 e. The molecule has 6 nitrogen and oxygen atoms in total. The van der Waals surface area contributed by atoms with Crippen LogP contribution >= 0.6 is 0 Å². The molecule has 0 fully saturated rings. The highest BCUT2D eigenvalue weighted by atomic mass is 16.5. The quantitative estimate of drug-likeness (QED) is 0.595. The van der Waals surface area contributed by atoms with Crippen molar-refractivity contribution in [3.05, 3.63) is 59.7 Å². The maximum absolute atomic E-state index is 11.9. The molecule has 0 aliphatic rings. The number of benzene rings is 2. The van der Waals surface area contributed by atoms with Crippen molar-refractivity contribution in [1.29, 1.82) is 0 Å². The lowest BCUT2D eigenvalue weighted by Gasteiger charge is -2.19. The van der Waals surface area contributed by atoms with Gasteiger partial charge in [0.2, 0.25) is 0 Å². The van der Waals surface area contributed by atoms with E-state index in [0.717, 1.165) is 5.75 Å². The Bertz CT molecular complexity index is 778. The number of carboxylic acid groups (broad SMARTS) is 1. The first-order valence-corrected chi connectivity index (χ1v) is 9.33. The molecule has 0 spiro atoms. The van der Waals surface area contributed by atoms with Crippen molar-refractivity contribution in [2.24, 2.45) is 0 Å². The molecule has 2 aromatic carbocycles. The lowest BCUT2D eigenvalue weighted by Crippen LogP contribution is -2.30. The third-order valence-corrected chi connectivity index (χ3v) is 4.16. The number of hydrogen-bond acceptors (Lipinski definition) is 3. The Balaban J connectivity index is 1.65. The van der Waals surface area contributed by atoms with Gasteiger partial charge in [0, 0.05) is 12.2 Å². The van der Waals surface area contributed by atoms with Crippen LogP contribution in [-0.2, 0) is 16.6 Å². The standard InChI is InChI=1S/C22H28N2O4/c1-22(2,3)17-7-11-19(12-8-17)28-14-4-13-23-21(27)24-18-9-5-16(6-10-18)15-20(25)26/h5-12H,4,13-15H2,1-3H3,(H,25,26)(H2,23,24,27). The third-order valence-electron chi connectivity index (χ3n) is 4.16. The Labute approximate surface area is 165 Å². The molecule has 3 N–H and O–H groups in total. The molecule has 0 unspecified atom stereocenters. The van der Waals surface area contributed by atoms with E-state index >= 15 is 0 Å². The Hall–Kier alpha value is -3.02. The van der Waals surface area contributed by atoms with Gasteiger partial charge in [0.1, 0.15) is 5.75 Å². The minimum Gasteiger partial charge on any atom is -0.494 e. The summed E-state index contributed by atoms with van der Waals surface area (Å²) in [7, 11) is 0. The molecule has 0 saturated carbocycles. The fourth-order valence-electron chi connectivity index (χ4n) is 2.57. The molecule has 0 radical (unpaired) electrons. The number of anilines is 1. The highest BCUT2D eigenvalue weighted by Crippen LogP contribution is 2.24. The van der Waals surface area contributed by atoms with Gasteiger partial charge in [0.05, 0.1) is 13.0 Å². The number of carbonyl (C=O) groups excluding carboxylic acids is 1. The molecule has 0 bridgehead atoms. The number of carboxylic acids is 1. The molecule has 0 atom stereocenters. The second-order valence-corrected chi connectivity index (χ2v) is 7.62. The van der Waals surface area contributed by atoms with Crippen LogP contribution in [0.4, 0.5) is 10.5 Å². The second kappa shape index (κ2) is 9.78. The lowest BCUT2D eigenvalue weighted by atomic mass is 9.87. The van der Waals surface area contributed by atoms with Gasteiger partial charge in [-0.15, -0.1) is 0 Å². The zero-order valence-corrected chi connectivity index (χ0v) is 16.6. The molecule has 0 aromatic heterocycles. The molecule has 6 heteroatoms.